The van der Waals surface area contributed by atoms with Gasteiger partial charge in [-0.2, -0.15) is 0 Å². The SMILES string of the molecule is CCNC(=NCCc1c(C)noc1C)NC1CCN(Cc2ccc(F)cc2)CC1. The van der Waals surface area contributed by atoms with Crippen molar-refractivity contribution >= 4 is 5.96 Å². The van der Waals surface area contributed by atoms with E-state index in [1.165, 1.54) is 12.1 Å². The molecule has 158 valence electrons. The number of benzene rings is 1. The number of rotatable bonds is 7. The van der Waals surface area contributed by atoms with Crippen molar-refractivity contribution in [3.8, 4) is 0 Å². The largest absolute Gasteiger partial charge is 0.361 e. The molecule has 0 amide bonds. The highest BCUT2D eigenvalue weighted by Gasteiger charge is 2.20. The molecule has 1 saturated heterocycles. The molecule has 6 nitrogen and oxygen atoms in total. The lowest BCUT2D eigenvalue weighted by Gasteiger charge is -2.33. The molecule has 0 atom stereocenters. The second kappa shape index (κ2) is 10.4. The quantitative estimate of drug-likeness (QED) is 0.551. The maximum atomic E-state index is 13.1. The molecule has 1 aromatic carbocycles. The fraction of sp³-hybridized carbons (Fsp3) is 0.545. The van der Waals surface area contributed by atoms with Gasteiger partial charge in [0.2, 0.25) is 0 Å². The zero-order valence-corrected chi connectivity index (χ0v) is 17.7. The monoisotopic (exact) mass is 401 g/mol. The summed E-state index contributed by atoms with van der Waals surface area (Å²) >= 11 is 0. The maximum absolute atomic E-state index is 13.1. The number of aliphatic imine (C=N–C) groups is 1. The Morgan fingerprint density at radius 2 is 1.97 bits per heavy atom. The molecule has 7 heteroatoms. The van der Waals surface area contributed by atoms with Crippen LogP contribution in [0.4, 0.5) is 4.39 Å². The summed E-state index contributed by atoms with van der Waals surface area (Å²) < 4.78 is 18.3. The van der Waals surface area contributed by atoms with E-state index < -0.39 is 0 Å². The third kappa shape index (κ3) is 6.29. The fourth-order valence-corrected chi connectivity index (χ4v) is 3.74. The molecule has 0 aliphatic carbocycles. The average Bonchev–Trinajstić information content (AvgIpc) is 3.03. The molecule has 1 aromatic heterocycles. The van der Waals surface area contributed by atoms with Crippen LogP contribution in [-0.4, -0.2) is 48.2 Å². The Morgan fingerprint density at radius 1 is 1.24 bits per heavy atom. The number of guanidine groups is 1. The Morgan fingerprint density at radius 3 is 2.59 bits per heavy atom. The number of piperidine rings is 1. The standard InChI is InChI=1S/C22H32FN5O/c1-4-24-22(25-12-9-21-16(2)27-29-17(21)3)26-20-10-13-28(14-11-20)15-18-5-7-19(23)8-6-18/h5-8,20H,4,9-15H2,1-3H3,(H2,24,25,26). The lowest BCUT2D eigenvalue weighted by Crippen LogP contribution is -2.48. The van der Waals surface area contributed by atoms with Gasteiger partial charge in [-0.3, -0.25) is 9.89 Å². The van der Waals surface area contributed by atoms with Gasteiger partial charge in [-0.05, 0) is 57.7 Å². The average molecular weight is 402 g/mol. The minimum Gasteiger partial charge on any atom is -0.361 e. The molecule has 0 spiro atoms. The van der Waals surface area contributed by atoms with Crippen molar-refractivity contribution in [2.75, 3.05) is 26.2 Å². The number of nitrogens with one attached hydrogen (secondary N) is 2. The Kier molecular flexibility index (Phi) is 7.63. The van der Waals surface area contributed by atoms with Crippen molar-refractivity contribution in [2.45, 2.75) is 52.6 Å². The van der Waals surface area contributed by atoms with Crippen LogP contribution in [0.2, 0.25) is 0 Å². The first-order valence-electron chi connectivity index (χ1n) is 10.5. The predicted molar refractivity (Wildman–Crippen MR) is 113 cm³/mol. The molecule has 2 aromatic rings. The van der Waals surface area contributed by atoms with Crippen LogP contribution in [0.3, 0.4) is 0 Å². The van der Waals surface area contributed by atoms with E-state index in [1.54, 1.807) is 0 Å². The number of hydrogen-bond acceptors (Lipinski definition) is 4. The Hall–Kier alpha value is -2.41. The van der Waals surface area contributed by atoms with Gasteiger partial charge < -0.3 is 15.2 Å². The molecule has 2 N–H and O–H groups in total. The van der Waals surface area contributed by atoms with E-state index >= 15 is 0 Å². The van der Waals surface area contributed by atoms with Gasteiger partial charge in [-0.1, -0.05) is 17.3 Å². The maximum Gasteiger partial charge on any atom is 0.191 e. The lowest BCUT2D eigenvalue weighted by atomic mass is 10.0. The van der Waals surface area contributed by atoms with E-state index in [4.69, 9.17) is 9.52 Å². The molecule has 0 saturated carbocycles. The first-order chi connectivity index (χ1) is 14.0. The normalized spacial score (nSPS) is 16.2. The minimum absolute atomic E-state index is 0.179. The molecule has 0 bridgehead atoms. The molecular weight excluding hydrogens is 369 g/mol. The molecule has 2 heterocycles. The number of hydrogen-bond donors (Lipinski definition) is 2. The fourth-order valence-electron chi connectivity index (χ4n) is 3.74. The lowest BCUT2D eigenvalue weighted by molar-refractivity contribution is 0.198. The Bertz CT molecular complexity index is 775. The first kappa shape index (κ1) is 21.3. The van der Waals surface area contributed by atoms with Crippen molar-refractivity contribution in [3.63, 3.8) is 0 Å². The molecule has 1 aliphatic rings. The van der Waals surface area contributed by atoms with Gasteiger partial charge in [-0.15, -0.1) is 0 Å². The van der Waals surface area contributed by atoms with Crippen molar-refractivity contribution < 1.29 is 8.91 Å². The van der Waals surface area contributed by atoms with Gasteiger partial charge in [0.25, 0.3) is 0 Å². The highest BCUT2D eigenvalue weighted by Crippen LogP contribution is 2.15. The summed E-state index contributed by atoms with van der Waals surface area (Å²) in [6.07, 6.45) is 2.96. The van der Waals surface area contributed by atoms with Crippen LogP contribution in [0.1, 0.15) is 42.3 Å². The van der Waals surface area contributed by atoms with E-state index in [0.29, 0.717) is 12.6 Å². The predicted octanol–water partition coefficient (Wildman–Crippen LogP) is 3.19. The van der Waals surface area contributed by atoms with E-state index in [1.807, 2.05) is 26.0 Å². The van der Waals surface area contributed by atoms with Crippen LogP contribution in [0.25, 0.3) is 0 Å². The third-order valence-electron chi connectivity index (χ3n) is 5.41. The highest BCUT2D eigenvalue weighted by atomic mass is 19.1. The van der Waals surface area contributed by atoms with E-state index in [2.05, 4.69) is 27.6 Å². The minimum atomic E-state index is -0.179. The van der Waals surface area contributed by atoms with Crippen molar-refractivity contribution in [1.29, 1.82) is 0 Å². The van der Waals surface area contributed by atoms with Gasteiger partial charge in [0, 0.05) is 44.3 Å². The molecule has 0 unspecified atom stereocenters. The molecule has 29 heavy (non-hydrogen) atoms. The number of aryl methyl sites for hydroxylation is 2. The molecule has 0 radical (unpaired) electrons. The summed E-state index contributed by atoms with van der Waals surface area (Å²) in [5, 5.41) is 10.9. The zero-order valence-electron chi connectivity index (χ0n) is 17.7. The summed E-state index contributed by atoms with van der Waals surface area (Å²) in [7, 11) is 0. The van der Waals surface area contributed by atoms with E-state index in [-0.39, 0.29) is 5.82 Å². The van der Waals surface area contributed by atoms with Gasteiger partial charge in [0.05, 0.1) is 5.69 Å². The van der Waals surface area contributed by atoms with Gasteiger partial charge in [0.1, 0.15) is 11.6 Å². The Balaban J connectivity index is 1.46. The summed E-state index contributed by atoms with van der Waals surface area (Å²) in [4.78, 5) is 7.16. The number of halogens is 1. The van der Waals surface area contributed by atoms with Gasteiger partial charge in [-0.25, -0.2) is 4.39 Å². The van der Waals surface area contributed by atoms with Gasteiger partial charge >= 0.3 is 0 Å². The number of likely N-dealkylation sites (tertiary alicyclic amines) is 1. The molecular formula is C22H32FN5O. The van der Waals surface area contributed by atoms with Crippen LogP contribution in [0, 0.1) is 19.7 Å². The van der Waals surface area contributed by atoms with Crippen molar-refractivity contribution in [1.82, 2.24) is 20.7 Å². The smallest absolute Gasteiger partial charge is 0.191 e. The summed E-state index contributed by atoms with van der Waals surface area (Å²) in [6, 6.07) is 7.22. The van der Waals surface area contributed by atoms with Gasteiger partial charge in [0.15, 0.2) is 5.96 Å². The van der Waals surface area contributed by atoms with Crippen LogP contribution in [0.15, 0.2) is 33.8 Å². The summed E-state index contributed by atoms with van der Waals surface area (Å²) in [5.74, 6) is 1.57. The number of aromatic nitrogens is 1. The number of nitrogens with zero attached hydrogens (tertiary/aromatic N) is 3. The Labute approximate surface area is 172 Å². The first-order valence-corrected chi connectivity index (χ1v) is 10.5. The van der Waals surface area contributed by atoms with E-state index in [0.717, 1.165) is 74.0 Å². The molecule has 3 rings (SSSR count). The summed E-state index contributed by atoms with van der Waals surface area (Å²) in [5.41, 5.74) is 3.26. The topological polar surface area (TPSA) is 65.7 Å². The molecule has 1 fully saturated rings. The molecule has 1 aliphatic heterocycles. The zero-order chi connectivity index (χ0) is 20.6. The van der Waals surface area contributed by atoms with Crippen LogP contribution in [-0.2, 0) is 13.0 Å². The summed E-state index contributed by atoms with van der Waals surface area (Å²) in [6.45, 7) is 10.4. The third-order valence-corrected chi connectivity index (χ3v) is 5.41. The van der Waals surface area contributed by atoms with Crippen LogP contribution in [0.5, 0.6) is 0 Å². The van der Waals surface area contributed by atoms with Crippen LogP contribution < -0.4 is 10.6 Å². The highest BCUT2D eigenvalue weighted by molar-refractivity contribution is 5.80. The second-order valence-corrected chi connectivity index (χ2v) is 7.63. The van der Waals surface area contributed by atoms with Crippen LogP contribution >= 0.6 is 0 Å². The second-order valence-electron chi connectivity index (χ2n) is 7.63. The van der Waals surface area contributed by atoms with E-state index in [9.17, 15) is 4.39 Å². The van der Waals surface area contributed by atoms with Crippen molar-refractivity contribution in [3.05, 3.63) is 52.7 Å². The van der Waals surface area contributed by atoms with Crippen molar-refractivity contribution in [2.24, 2.45) is 4.99 Å².